The van der Waals surface area contributed by atoms with Gasteiger partial charge in [-0.3, -0.25) is 0 Å². The first-order valence-corrected chi connectivity index (χ1v) is 6.02. The molecule has 0 aromatic carbocycles. The van der Waals surface area contributed by atoms with Crippen LogP contribution in [-0.4, -0.2) is 29.8 Å². The molecule has 16 heavy (non-hydrogen) atoms. The second kappa shape index (κ2) is 3.39. The van der Waals surface area contributed by atoms with Crippen molar-refractivity contribution >= 4 is 31.9 Å². The van der Waals surface area contributed by atoms with Crippen molar-refractivity contribution in [3.8, 4) is 0 Å². The molecule has 0 saturated carbocycles. The monoisotopic (exact) mass is 348 g/mol. The maximum Gasteiger partial charge on any atom is 0.191 e. The lowest BCUT2D eigenvalue weighted by Crippen LogP contribution is -2.30. The van der Waals surface area contributed by atoms with Crippen LogP contribution in [0.1, 0.15) is 23.8 Å². The highest BCUT2D eigenvalue weighted by Crippen LogP contribution is 2.37. The lowest BCUT2D eigenvalue weighted by atomic mass is 10.2. The summed E-state index contributed by atoms with van der Waals surface area (Å²) in [4.78, 5) is 0. The molecule has 0 bridgehead atoms. The van der Waals surface area contributed by atoms with Crippen molar-refractivity contribution in [3.63, 3.8) is 0 Å². The molecule has 3 heterocycles. The van der Waals surface area contributed by atoms with Gasteiger partial charge in [-0.05, 0) is 31.9 Å². The van der Waals surface area contributed by atoms with E-state index in [1.807, 2.05) is 0 Å². The van der Waals surface area contributed by atoms with Crippen LogP contribution in [-0.2, 0) is 0 Å². The summed E-state index contributed by atoms with van der Waals surface area (Å²) in [5, 5.41) is 28.2. The molecular formula is C8H6Br2N4O2. The highest BCUT2D eigenvalue weighted by atomic mass is 79.9. The normalized spacial score (nSPS) is 23.0. The molecule has 2 N–H and O–H groups in total. The molecular weight excluding hydrogens is 344 g/mol. The maximum absolute atomic E-state index is 10.1. The van der Waals surface area contributed by atoms with E-state index in [2.05, 4.69) is 42.1 Å². The Balaban J connectivity index is 2.29. The number of aliphatic hydroxyl groups excluding tert-OH is 2. The summed E-state index contributed by atoms with van der Waals surface area (Å²) < 4.78 is 3.99. The number of aromatic nitrogens is 4. The third kappa shape index (κ3) is 1.18. The number of nitrogens with zero attached hydrogens (tertiary/aromatic N) is 4. The lowest BCUT2D eigenvalue weighted by Gasteiger charge is -2.26. The molecule has 6 nitrogen and oxygen atoms in total. The van der Waals surface area contributed by atoms with Crippen LogP contribution in [0, 0.1) is 0 Å². The predicted molar refractivity (Wildman–Crippen MR) is 60.6 cm³/mol. The first-order chi connectivity index (χ1) is 7.61. The van der Waals surface area contributed by atoms with E-state index in [-0.39, 0.29) is 0 Å². The fourth-order valence-electron chi connectivity index (χ4n) is 1.81. The van der Waals surface area contributed by atoms with Gasteiger partial charge in [-0.15, -0.1) is 0 Å². The van der Waals surface area contributed by atoms with Gasteiger partial charge in [0, 0.05) is 0 Å². The molecule has 8 heteroatoms. The molecule has 0 fully saturated rings. The molecule has 84 valence electrons. The first-order valence-electron chi connectivity index (χ1n) is 4.43. The zero-order chi connectivity index (χ0) is 11.4. The quantitative estimate of drug-likeness (QED) is 0.743. The summed E-state index contributed by atoms with van der Waals surface area (Å²) in [5.41, 5.74) is 0.964. The van der Waals surface area contributed by atoms with Crippen LogP contribution in [0.15, 0.2) is 21.3 Å². The average molecular weight is 350 g/mol. The molecule has 0 amide bonds. The van der Waals surface area contributed by atoms with E-state index in [1.54, 1.807) is 0 Å². The van der Waals surface area contributed by atoms with Gasteiger partial charge in [0.05, 0.1) is 21.3 Å². The van der Waals surface area contributed by atoms with Crippen molar-refractivity contribution in [1.29, 1.82) is 0 Å². The Kier molecular flexibility index (Phi) is 2.22. The predicted octanol–water partition coefficient (Wildman–Crippen LogP) is 0.996. The van der Waals surface area contributed by atoms with E-state index in [9.17, 15) is 10.2 Å². The van der Waals surface area contributed by atoms with E-state index in [1.165, 1.54) is 21.8 Å². The Bertz CT molecular complexity index is 514. The third-order valence-corrected chi connectivity index (χ3v) is 3.75. The van der Waals surface area contributed by atoms with Crippen LogP contribution in [0.25, 0.3) is 0 Å². The molecule has 0 saturated heterocycles. The summed E-state index contributed by atoms with van der Waals surface area (Å²) in [6.07, 6.45) is 1.15. The smallest absolute Gasteiger partial charge is 0.191 e. The van der Waals surface area contributed by atoms with Gasteiger partial charge in [0.1, 0.15) is 11.4 Å². The van der Waals surface area contributed by atoms with E-state index >= 15 is 0 Å². The maximum atomic E-state index is 10.1. The van der Waals surface area contributed by atoms with Crippen LogP contribution >= 0.6 is 31.9 Å². The Morgan fingerprint density at radius 2 is 1.31 bits per heavy atom. The molecule has 2 aromatic heterocycles. The average Bonchev–Trinajstić information content (AvgIpc) is 2.80. The Morgan fingerprint density at radius 3 is 1.69 bits per heavy atom. The van der Waals surface area contributed by atoms with E-state index in [0.717, 1.165) is 0 Å². The summed E-state index contributed by atoms with van der Waals surface area (Å²) in [6, 6.07) is 0. The number of fused-ring (bicyclic) bond motifs is 2. The topological polar surface area (TPSA) is 76.1 Å². The van der Waals surface area contributed by atoms with Gasteiger partial charge < -0.3 is 10.2 Å². The van der Waals surface area contributed by atoms with Gasteiger partial charge in [0.2, 0.25) is 0 Å². The zero-order valence-electron chi connectivity index (χ0n) is 7.75. The minimum absolute atomic E-state index is 0.482. The molecule has 3 rings (SSSR count). The van der Waals surface area contributed by atoms with Gasteiger partial charge in [-0.1, -0.05) is 0 Å². The molecule has 0 spiro atoms. The zero-order valence-corrected chi connectivity index (χ0v) is 10.9. The Labute approximate surface area is 107 Å². The molecule has 0 aliphatic carbocycles. The standard InChI is InChI=1S/C8H6Br2N4O2/c9-3-1-11-13-5(3)7(15)14-6(8(13)16)4(10)2-12-14/h1-2,7-8,15-16H/t7-,8?/m1/s1. The Morgan fingerprint density at radius 1 is 0.938 bits per heavy atom. The Hall–Kier alpha value is -0.700. The van der Waals surface area contributed by atoms with Crippen LogP contribution in [0.2, 0.25) is 0 Å². The fourth-order valence-corrected chi connectivity index (χ4v) is 2.76. The summed E-state index contributed by atoms with van der Waals surface area (Å²) >= 11 is 6.54. The van der Waals surface area contributed by atoms with E-state index in [0.29, 0.717) is 20.3 Å². The summed E-state index contributed by atoms with van der Waals surface area (Å²) in [7, 11) is 0. The van der Waals surface area contributed by atoms with Gasteiger partial charge in [0.15, 0.2) is 12.5 Å². The third-order valence-electron chi connectivity index (χ3n) is 2.53. The number of hydrogen-bond acceptors (Lipinski definition) is 4. The van der Waals surface area contributed by atoms with Crippen LogP contribution in [0.3, 0.4) is 0 Å². The van der Waals surface area contributed by atoms with Crippen LogP contribution in [0.5, 0.6) is 0 Å². The van der Waals surface area contributed by atoms with E-state index in [4.69, 9.17) is 0 Å². The molecule has 0 radical (unpaired) electrons. The van der Waals surface area contributed by atoms with Crippen LogP contribution < -0.4 is 0 Å². The summed E-state index contributed by atoms with van der Waals surface area (Å²) in [5.74, 6) is 0. The van der Waals surface area contributed by atoms with Crippen LogP contribution in [0.4, 0.5) is 0 Å². The molecule has 2 aromatic rings. The number of halogens is 2. The van der Waals surface area contributed by atoms with Crippen molar-refractivity contribution in [2.75, 3.05) is 0 Å². The largest absolute Gasteiger partial charge is 0.367 e. The van der Waals surface area contributed by atoms with Gasteiger partial charge in [0.25, 0.3) is 0 Å². The van der Waals surface area contributed by atoms with Gasteiger partial charge >= 0.3 is 0 Å². The van der Waals surface area contributed by atoms with Crippen molar-refractivity contribution in [3.05, 3.63) is 32.7 Å². The molecule has 2 atom stereocenters. The van der Waals surface area contributed by atoms with Crippen molar-refractivity contribution in [2.24, 2.45) is 0 Å². The SMILES string of the molecule is OC1c2c(Br)cnn2[C@H](O)c2c(Br)cnn21. The molecule has 1 unspecified atom stereocenters. The minimum atomic E-state index is -0.957. The molecule has 1 aliphatic heterocycles. The number of hydrogen-bond donors (Lipinski definition) is 2. The lowest BCUT2D eigenvalue weighted by molar-refractivity contribution is 0.0416. The molecule has 1 aliphatic rings. The number of rotatable bonds is 0. The minimum Gasteiger partial charge on any atom is -0.367 e. The van der Waals surface area contributed by atoms with Gasteiger partial charge in [-0.2, -0.15) is 10.2 Å². The second-order valence-electron chi connectivity index (χ2n) is 3.39. The summed E-state index contributed by atoms with van der Waals surface area (Å²) in [6.45, 7) is 0. The highest BCUT2D eigenvalue weighted by molar-refractivity contribution is 9.10. The van der Waals surface area contributed by atoms with Crippen molar-refractivity contribution in [2.45, 2.75) is 12.5 Å². The highest BCUT2D eigenvalue weighted by Gasteiger charge is 2.34. The number of aliphatic hydroxyl groups is 2. The fraction of sp³-hybridized carbons (Fsp3) is 0.250. The van der Waals surface area contributed by atoms with Gasteiger partial charge in [-0.25, -0.2) is 9.36 Å². The van der Waals surface area contributed by atoms with E-state index < -0.39 is 12.5 Å². The van der Waals surface area contributed by atoms with Crippen molar-refractivity contribution in [1.82, 2.24) is 19.6 Å². The van der Waals surface area contributed by atoms with Crippen molar-refractivity contribution < 1.29 is 10.2 Å². The first kappa shape index (κ1) is 10.5. The second-order valence-corrected chi connectivity index (χ2v) is 5.10.